The van der Waals surface area contributed by atoms with Crippen molar-refractivity contribution in [2.45, 2.75) is 26.0 Å². The van der Waals surface area contributed by atoms with Gasteiger partial charge in [-0.25, -0.2) is 4.98 Å². The third kappa shape index (κ3) is 4.67. The minimum Gasteiger partial charge on any atom is -0.392 e. The summed E-state index contributed by atoms with van der Waals surface area (Å²) in [6.45, 7) is 6.51. The zero-order chi connectivity index (χ0) is 17.6. The van der Waals surface area contributed by atoms with Gasteiger partial charge in [0.2, 0.25) is 0 Å². The number of aliphatic hydroxyl groups excluding tert-OH is 1. The summed E-state index contributed by atoms with van der Waals surface area (Å²) < 4.78 is 2.00. The van der Waals surface area contributed by atoms with Gasteiger partial charge in [-0.05, 0) is 24.1 Å². The predicted octanol–water partition coefficient (Wildman–Crippen LogP) is 1.46. The molecule has 0 saturated carbocycles. The van der Waals surface area contributed by atoms with Crippen molar-refractivity contribution in [3.63, 3.8) is 0 Å². The molecule has 1 aromatic heterocycles. The molecule has 6 nitrogen and oxygen atoms in total. The predicted molar refractivity (Wildman–Crippen MR) is 96.4 cm³/mol. The lowest BCUT2D eigenvalue weighted by Crippen LogP contribution is -2.50. The van der Waals surface area contributed by atoms with E-state index in [2.05, 4.69) is 9.88 Å². The number of piperazine rings is 1. The molecule has 1 aliphatic rings. The summed E-state index contributed by atoms with van der Waals surface area (Å²) in [5.74, 6) is 0.0878. The first-order valence-corrected chi connectivity index (χ1v) is 8.90. The van der Waals surface area contributed by atoms with Crippen LogP contribution in [0.2, 0.25) is 0 Å². The first kappa shape index (κ1) is 17.6. The zero-order valence-electron chi connectivity index (χ0n) is 14.7. The highest BCUT2D eigenvalue weighted by Crippen LogP contribution is 2.12. The Morgan fingerprint density at radius 2 is 1.92 bits per heavy atom. The lowest BCUT2D eigenvalue weighted by Gasteiger charge is -2.35. The van der Waals surface area contributed by atoms with E-state index in [0.29, 0.717) is 19.6 Å². The maximum absolute atomic E-state index is 12.7. The summed E-state index contributed by atoms with van der Waals surface area (Å²) in [5, 5.41) is 9.75. The summed E-state index contributed by atoms with van der Waals surface area (Å²) in [7, 11) is 0. The quantitative estimate of drug-likeness (QED) is 0.863. The topological polar surface area (TPSA) is 61.6 Å². The highest BCUT2D eigenvalue weighted by atomic mass is 16.3. The van der Waals surface area contributed by atoms with Crippen molar-refractivity contribution in [3.8, 4) is 0 Å². The van der Waals surface area contributed by atoms with E-state index in [4.69, 9.17) is 0 Å². The Hall–Kier alpha value is -2.18. The van der Waals surface area contributed by atoms with E-state index >= 15 is 0 Å². The second-order valence-corrected chi connectivity index (χ2v) is 6.59. The molecule has 2 heterocycles. The van der Waals surface area contributed by atoms with Crippen LogP contribution < -0.4 is 0 Å². The molecular weight excluding hydrogens is 316 g/mol. The third-order valence-corrected chi connectivity index (χ3v) is 4.72. The number of carbonyl (C=O) groups excluding carboxylic acids is 1. The number of benzene rings is 1. The number of nitrogens with zero attached hydrogens (tertiary/aromatic N) is 4. The molecule has 1 unspecified atom stereocenters. The number of imidazole rings is 1. The number of amides is 1. The van der Waals surface area contributed by atoms with Crippen LogP contribution in [-0.4, -0.2) is 69.2 Å². The highest BCUT2D eigenvalue weighted by molar-refractivity contribution is 5.94. The summed E-state index contributed by atoms with van der Waals surface area (Å²) in [5.41, 5.74) is 1.88. The van der Waals surface area contributed by atoms with Crippen LogP contribution in [0.1, 0.15) is 29.3 Å². The largest absolute Gasteiger partial charge is 0.392 e. The SMILES string of the molecule is CCC(O)CN1CCN(C(=O)c2ccc(Cn3ccnc3)cc2)CC1. The molecule has 2 aromatic rings. The average Bonchev–Trinajstić information content (AvgIpc) is 3.15. The Kier molecular flexibility index (Phi) is 5.83. The van der Waals surface area contributed by atoms with Crippen molar-refractivity contribution in [2.75, 3.05) is 32.7 Å². The van der Waals surface area contributed by atoms with Gasteiger partial charge in [-0.3, -0.25) is 9.69 Å². The zero-order valence-corrected chi connectivity index (χ0v) is 14.7. The van der Waals surface area contributed by atoms with Crippen molar-refractivity contribution in [1.29, 1.82) is 0 Å². The van der Waals surface area contributed by atoms with Crippen LogP contribution in [0.25, 0.3) is 0 Å². The third-order valence-electron chi connectivity index (χ3n) is 4.72. The van der Waals surface area contributed by atoms with Gasteiger partial charge in [0.15, 0.2) is 0 Å². The first-order chi connectivity index (χ1) is 12.2. The van der Waals surface area contributed by atoms with Gasteiger partial charge in [-0.15, -0.1) is 0 Å². The Morgan fingerprint density at radius 1 is 1.20 bits per heavy atom. The fourth-order valence-corrected chi connectivity index (χ4v) is 3.09. The molecular formula is C19H26N4O2. The van der Waals surface area contributed by atoms with Crippen molar-refractivity contribution in [1.82, 2.24) is 19.4 Å². The number of aliphatic hydroxyl groups is 1. The van der Waals surface area contributed by atoms with Crippen LogP contribution in [-0.2, 0) is 6.54 Å². The normalized spacial score (nSPS) is 16.8. The van der Waals surface area contributed by atoms with E-state index in [1.54, 1.807) is 12.5 Å². The van der Waals surface area contributed by atoms with Gasteiger partial charge in [0.25, 0.3) is 5.91 Å². The monoisotopic (exact) mass is 342 g/mol. The standard InChI is InChI=1S/C19H26N4O2/c1-2-18(24)14-21-9-11-23(12-10-21)19(25)17-5-3-16(4-6-17)13-22-8-7-20-15-22/h3-8,15,18,24H,2,9-14H2,1H3. The van der Waals surface area contributed by atoms with Crippen LogP contribution in [0.5, 0.6) is 0 Å². The fraction of sp³-hybridized carbons (Fsp3) is 0.474. The van der Waals surface area contributed by atoms with E-state index in [1.807, 2.05) is 46.9 Å². The summed E-state index contributed by atoms with van der Waals surface area (Å²) in [6.07, 6.45) is 5.97. The van der Waals surface area contributed by atoms with Gasteiger partial charge in [-0.1, -0.05) is 19.1 Å². The van der Waals surface area contributed by atoms with Gasteiger partial charge >= 0.3 is 0 Å². The van der Waals surface area contributed by atoms with Gasteiger partial charge in [-0.2, -0.15) is 0 Å². The van der Waals surface area contributed by atoms with Crippen LogP contribution in [0, 0.1) is 0 Å². The molecule has 134 valence electrons. The lowest BCUT2D eigenvalue weighted by molar-refractivity contribution is 0.0524. The maximum Gasteiger partial charge on any atom is 0.253 e. The Bertz CT molecular complexity index is 661. The number of aromatic nitrogens is 2. The molecule has 6 heteroatoms. The minimum atomic E-state index is -0.273. The van der Waals surface area contributed by atoms with Crippen molar-refractivity contribution >= 4 is 5.91 Å². The molecule has 0 bridgehead atoms. The molecule has 1 atom stereocenters. The van der Waals surface area contributed by atoms with Gasteiger partial charge in [0.1, 0.15) is 0 Å². The van der Waals surface area contributed by atoms with E-state index in [-0.39, 0.29) is 12.0 Å². The number of hydrogen-bond acceptors (Lipinski definition) is 4. The minimum absolute atomic E-state index is 0.0878. The summed E-state index contributed by atoms with van der Waals surface area (Å²) in [4.78, 5) is 20.8. The van der Waals surface area contributed by atoms with E-state index < -0.39 is 0 Å². The number of rotatable bonds is 6. The van der Waals surface area contributed by atoms with E-state index in [9.17, 15) is 9.90 Å². The molecule has 1 amide bonds. The molecule has 0 spiro atoms. The van der Waals surface area contributed by atoms with Gasteiger partial charge in [0.05, 0.1) is 12.4 Å². The molecule has 1 aromatic carbocycles. The molecule has 3 rings (SSSR count). The molecule has 1 N–H and O–H groups in total. The van der Waals surface area contributed by atoms with Gasteiger partial charge in [0, 0.05) is 57.2 Å². The molecule has 0 aliphatic carbocycles. The fourth-order valence-electron chi connectivity index (χ4n) is 3.09. The molecule has 1 aliphatic heterocycles. The van der Waals surface area contributed by atoms with Crippen LogP contribution >= 0.6 is 0 Å². The number of hydrogen-bond donors (Lipinski definition) is 1. The Balaban J connectivity index is 1.53. The molecule has 25 heavy (non-hydrogen) atoms. The second-order valence-electron chi connectivity index (χ2n) is 6.59. The van der Waals surface area contributed by atoms with E-state index in [1.165, 1.54) is 0 Å². The Morgan fingerprint density at radius 3 is 2.52 bits per heavy atom. The highest BCUT2D eigenvalue weighted by Gasteiger charge is 2.23. The van der Waals surface area contributed by atoms with Crippen molar-refractivity contribution in [3.05, 3.63) is 54.1 Å². The second kappa shape index (κ2) is 8.27. The Labute approximate surface area is 148 Å². The number of carbonyl (C=O) groups is 1. The number of β-amino-alcohol motifs (C(OH)–C–C–N with tert-alkyl or cyclic N) is 1. The van der Waals surface area contributed by atoms with E-state index in [0.717, 1.165) is 37.2 Å². The smallest absolute Gasteiger partial charge is 0.253 e. The van der Waals surface area contributed by atoms with Crippen LogP contribution in [0.3, 0.4) is 0 Å². The van der Waals surface area contributed by atoms with Gasteiger partial charge < -0.3 is 14.6 Å². The van der Waals surface area contributed by atoms with Crippen molar-refractivity contribution in [2.24, 2.45) is 0 Å². The summed E-state index contributed by atoms with van der Waals surface area (Å²) in [6, 6.07) is 7.81. The van der Waals surface area contributed by atoms with Crippen molar-refractivity contribution < 1.29 is 9.90 Å². The lowest BCUT2D eigenvalue weighted by atomic mass is 10.1. The average molecular weight is 342 g/mol. The maximum atomic E-state index is 12.7. The molecule has 1 saturated heterocycles. The molecule has 0 radical (unpaired) electrons. The summed E-state index contributed by atoms with van der Waals surface area (Å²) >= 11 is 0. The van der Waals surface area contributed by atoms with Crippen LogP contribution in [0.4, 0.5) is 0 Å². The van der Waals surface area contributed by atoms with Crippen LogP contribution in [0.15, 0.2) is 43.0 Å². The first-order valence-electron chi connectivity index (χ1n) is 8.90. The molecule has 1 fully saturated rings.